The molecule has 1 aliphatic carbocycles. The lowest BCUT2D eigenvalue weighted by Gasteiger charge is -2.27. The molecule has 0 saturated heterocycles. The van der Waals surface area contributed by atoms with Crippen molar-refractivity contribution < 1.29 is 9.53 Å². The van der Waals surface area contributed by atoms with Gasteiger partial charge >= 0.3 is 0 Å². The molecular formula is C29H40O2. The van der Waals surface area contributed by atoms with Crippen LogP contribution in [0.2, 0.25) is 0 Å². The summed E-state index contributed by atoms with van der Waals surface area (Å²) < 4.78 is 5.88. The number of rotatable bonds is 12. The highest BCUT2D eigenvalue weighted by Crippen LogP contribution is 2.36. The summed E-state index contributed by atoms with van der Waals surface area (Å²) in [4.78, 5) is 12.7. The molecule has 2 aromatic rings. The zero-order valence-corrected chi connectivity index (χ0v) is 19.6. The van der Waals surface area contributed by atoms with Gasteiger partial charge in [0.2, 0.25) is 0 Å². The first-order valence-electron chi connectivity index (χ1n) is 12.6. The van der Waals surface area contributed by atoms with Crippen LogP contribution in [0, 0.1) is 5.92 Å². The molecule has 0 aliphatic heterocycles. The van der Waals surface area contributed by atoms with Gasteiger partial charge in [-0.2, -0.15) is 0 Å². The first-order chi connectivity index (χ1) is 15.2. The summed E-state index contributed by atoms with van der Waals surface area (Å²) in [5.41, 5.74) is 3.57. The second-order valence-corrected chi connectivity index (χ2v) is 9.22. The predicted octanol–water partition coefficient (Wildman–Crippen LogP) is 8.35. The van der Waals surface area contributed by atoms with Gasteiger partial charge in [0.1, 0.15) is 11.5 Å². The fourth-order valence-electron chi connectivity index (χ4n) is 4.73. The van der Waals surface area contributed by atoms with Crippen molar-refractivity contribution in [2.24, 2.45) is 5.92 Å². The van der Waals surface area contributed by atoms with Crippen LogP contribution in [0.4, 0.5) is 0 Å². The quantitative estimate of drug-likeness (QED) is 0.322. The average Bonchev–Trinajstić information content (AvgIpc) is 2.81. The van der Waals surface area contributed by atoms with E-state index in [-0.39, 0.29) is 5.92 Å². The second kappa shape index (κ2) is 12.7. The molecule has 0 spiro atoms. The third kappa shape index (κ3) is 7.23. The molecule has 1 aliphatic rings. The molecular weight excluding hydrogens is 380 g/mol. The zero-order chi connectivity index (χ0) is 21.9. The number of unbranched alkanes of at least 4 members (excludes halogenated alkanes) is 5. The van der Waals surface area contributed by atoms with Gasteiger partial charge in [0, 0.05) is 12.3 Å². The molecule has 0 bridgehead atoms. The zero-order valence-electron chi connectivity index (χ0n) is 19.6. The molecule has 2 nitrogen and oxygen atoms in total. The first-order valence-corrected chi connectivity index (χ1v) is 12.6. The average molecular weight is 421 g/mol. The van der Waals surface area contributed by atoms with Crippen molar-refractivity contribution in [2.75, 3.05) is 6.61 Å². The van der Waals surface area contributed by atoms with Crippen LogP contribution in [-0.2, 0) is 4.79 Å². The van der Waals surface area contributed by atoms with E-state index in [1.165, 1.54) is 68.1 Å². The molecule has 3 rings (SSSR count). The summed E-state index contributed by atoms with van der Waals surface area (Å²) in [7, 11) is 0. The van der Waals surface area contributed by atoms with E-state index in [1.54, 1.807) is 0 Å². The van der Waals surface area contributed by atoms with Crippen LogP contribution in [0.1, 0.15) is 96.0 Å². The van der Waals surface area contributed by atoms with Crippen molar-refractivity contribution in [3.63, 3.8) is 0 Å². The van der Waals surface area contributed by atoms with Crippen molar-refractivity contribution in [1.82, 2.24) is 0 Å². The summed E-state index contributed by atoms with van der Waals surface area (Å²) in [5, 5.41) is 0. The number of carbonyl (C=O) groups is 1. The van der Waals surface area contributed by atoms with E-state index in [0.29, 0.717) is 11.7 Å². The highest BCUT2D eigenvalue weighted by molar-refractivity contribution is 5.86. The summed E-state index contributed by atoms with van der Waals surface area (Å²) in [6.07, 6.45) is 12.9. The summed E-state index contributed by atoms with van der Waals surface area (Å²) in [5.74, 6) is 2.10. The van der Waals surface area contributed by atoms with Gasteiger partial charge in [-0.25, -0.2) is 0 Å². The number of Topliss-reactive ketones (excluding diaryl/α,β-unsaturated/α-hetero) is 1. The first kappa shape index (κ1) is 23.6. The van der Waals surface area contributed by atoms with Gasteiger partial charge in [0.15, 0.2) is 0 Å². The van der Waals surface area contributed by atoms with Crippen molar-refractivity contribution in [3.05, 3.63) is 54.1 Å². The van der Waals surface area contributed by atoms with Gasteiger partial charge in [-0.1, -0.05) is 95.2 Å². The van der Waals surface area contributed by atoms with Gasteiger partial charge in [-0.15, -0.1) is 0 Å². The molecule has 2 heteroatoms. The number of carbonyl (C=O) groups excluding carboxylic acids is 1. The Bertz CT molecular complexity index is 775. The van der Waals surface area contributed by atoms with Gasteiger partial charge in [-0.05, 0) is 54.0 Å². The Morgan fingerprint density at radius 2 is 1.42 bits per heavy atom. The normalized spacial score (nSPS) is 18.8. The van der Waals surface area contributed by atoms with E-state index in [4.69, 9.17) is 4.74 Å². The molecule has 168 valence electrons. The Morgan fingerprint density at radius 1 is 0.774 bits per heavy atom. The number of hydrogen-bond acceptors (Lipinski definition) is 2. The predicted molar refractivity (Wildman–Crippen MR) is 131 cm³/mol. The summed E-state index contributed by atoms with van der Waals surface area (Å²) >= 11 is 0. The minimum Gasteiger partial charge on any atom is -0.494 e. The molecule has 0 aromatic heterocycles. The van der Waals surface area contributed by atoms with E-state index in [2.05, 4.69) is 62.4 Å². The van der Waals surface area contributed by atoms with E-state index in [0.717, 1.165) is 31.6 Å². The van der Waals surface area contributed by atoms with Crippen LogP contribution in [0.25, 0.3) is 11.1 Å². The van der Waals surface area contributed by atoms with E-state index in [1.807, 2.05) is 0 Å². The molecule has 1 saturated carbocycles. The van der Waals surface area contributed by atoms with Crippen molar-refractivity contribution >= 4 is 5.78 Å². The van der Waals surface area contributed by atoms with Crippen LogP contribution in [0.5, 0.6) is 5.75 Å². The van der Waals surface area contributed by atoms with Crippen LogP contribution < -0.4 is 4.74 Å². The fraction of sp³-hybridized carbons (Fsp3) is 0.552. The van der Waals surface area contributed by atoms with E-state index < -0.39 is 0 Å². The molecule has 0 N–H and O–H groups in total. The molecule has 0 heterocycles. The molecule has 2 aromatic carbocycles. The number of ketones is 1. The maximum Gasteiger partial charge on any atom is 0.140 e. The van der Waals surface area contributed by atoms with Gasteiger partial charge < -0.3 is 4.74 Å². The molecule has 1 fully saturated rings. The highest BCUT2D eigenvalue weighted by atomic mass is 16.5. The second-order valence-electron chi connectivity index (χ2n) is 9.22. The van der Waals surface area contributed by atoms with E-state index >= 15 is 0 Å². The van der Waals surface area contributed by atoms with Gasteiger partial charge in [0.05, 0.1) is 6.61 Å². The van der Waals surface area contributed by atoms with Crippen LogP contribution in [0.3, 0.4) is 0 Å². The fourth-order valence-corrected chi connectivity index (χ4v) is 4.73. The summed E-state index contributed by atoms with van der Waals surface area (Å²) in [6, 6.07) is 17.0. The lowest BCUT2D eigenvalue weighted by Crippen LogP contribution is -2.23. The van der Waals surface area contributed by atoms with Crippen LogP contribution in [0.15, 0.2) is 48.5 Å². The third-order valence-corrected chi connectivity index (χ3v) is 6.73. The number of hydrogen-bond donors (Lipinski definition) is 0. The Hall–Kier alpha value is -2.09. The Labute approximate surface area is 189 Å². The minimum atomic E-state index is 0.0972. The smallest absolute Gasteiger partial charge is 0.140 e. The third-order valence-electron chi connectivity index (χ3n) is 6.73. The van der Waals surface area contributed by atoms with Gasteiger partial charge in [0.25, 0.3) is 0 Å². The molecule has 0 amide bonds. The monoisotopic (exact) mass is 420 g/mol. The van der Waals surface area contributed by atoms with Crippen molar-refractivity contribution in [2.45, 2.75) is 90.4 Å². The topological polar surface area (TPSA) is 26.3 Å². The maximum atomic E-state index is 12.7. The number of ether oxygens (including phenoxy) is 1. The van der Waals surface area contributed by atoms with Crippen LogP contribution in [-0.4, -0.2) is 12.4 Å². The lowest BCUT2D eigenvalue weighted by atomic mass is 9.76. The molecule has 0 unspecified atom stereocenters. The molecule has 2 atom stereocenters. The molecule has 0 radical (unpaired) electrons. The highest BCUT2D eigenvalue weighted by Gasteiger charge is 2.29. The minimum absolute atomic E-state index is 0.0972. The largest absolute Gasteiger partial charge is 0.494 e. The van der Waals surface area contributed by atoms with Crippen molar-refractivity contribution in [1.29, 1.82) is 0 Å². The van der Waals surface area contributed by atoms with Gasteiger partial charge in [-0.3, -0.25) is 4.79 Å². The van der Waals surface area contributed by atoms with Crippen molar-refractivity contribution in [3.8, 4) is 16.9 Å². The van der Waals surface area contributed by atoms with E-state index in [9.17, 15) is 4.79 Å². The van der Waals surface area contributed by atoms with Crippen LogP contribution >= 0.6 is 0 Å². The molecule has 31 heavy (non-hydrogen) atoms. The Morgan fingerprint density at radius 3 is 2.06 bits per heavy atom. The maximum absolute atomic E-state index is 12.7. The SMILES string of the molecule is CCCCCCCOc1ccc(-c2ccc([C@@H]3CC[C@@H](CCCC)CC3=O)cc2)cc1. The Balaban J connectivity index is 1.50. The summed E-state index contributed by atoms with van der Waals surface area (Å²) in [6.45, 7) is 5.27. The Kier molecular flexibility index (Phi) is 9.65. The lowest BCUT2D eigenvalue weighted by molar-refractivity contribution is -0.123. The standard InChI is InChI=1S/C29H40O2/c1-3-5-7-8-9-21-31-27-18-16-25(17-19-27)24-12-14-26(15-13-24)28-20-11-23(10-6-4-2)22-29(28)30/h12-19,23,28H,3-11,20-22H2,1-2H3/t23-,28+/m1/s1. The number of benzene rings is 2.